The number of nitrogens with zero attached hydrogens (tertiary/aromatic N) is 1. The van der Waals surface area contributed by atoms with Gasteiger partial charge in [-0.2, -0.15) is 0 Å². The van der Waals surface area contributed by atoms with E-state index in [4.69, 9.17) is 4.74 Å². The predicted octanol–water partition coefficient (Wildman–Crippen LogP) is 1.90. The van der Waals surface area contributed by atoms with E-state index in [1.54, 1.807) is 7.11 Å². The summed E-state index contributed by atoms with van der Waals surface area (Å²) in [4.78, 5) is 14.2. The molecule has 0 radical (unpaired) electrons. The van der Waals surface area contributed by atoms with Crippen LogP contribution in [0.2, 0.25) is 0 Å². The minimum atomic E-state index is -0.0757. The molecule has 0 fully saturated rings. The predicted molar refractivity (Wildman–Crippen MR) is 76.8 cm³/mol. The molecule has 0 aromatic heterocycles. The van der Waals surface area contributed by atoms with Gasteiger partial charge in [0, 0.05) is 37.8 Å². The highest BCUT2D eigenvalue weighted by molar-refractivity contribution is 9.11. The van der Waals surface area contributed by atoms with E-state index in [1.165, 1.54) is 10.1 Å². The first-order valence-corrected chi connectivity index (χ1v) is 7.20. The maximum Gasteiger partial charge on any atom is 0.237 e. The lowest BCUT2D eigenvalue weighted by atomic mass is 10.1. The Balaban J connectivity index is 2.35. The summed E-state index contributed by atoms with van der Waals surface area (Å²) in [5.74, 6) is 0.103. The van der Waals surface area contributed by atoms with E-state index in [0.717, 1.165) is 25.9 Å². The minimum absolute atomic E-state index is 0.0757. The zero-order valence-corrected chi connectivity index (χ0v) is 13.0. The van der Waals surface area contributed by atoms with E-state index >= 15 is 0 Å². The fourth-order valence-electron chi connectivity index (χ4n) is 1.91. The number of nitrogens with one attached hydrogen (secondary N) is 1. The van der Waals surface area contributed by atoms with Crippen LogP contribution in [-0.4, -0.2) is 50.2 Å². The third-order valence-electron chi connectivity index (χ3n) is 3.33. The van der Waals surface area contributed by atoms with Gasteiger partial charge in [0.2, 0.25) is 5.91 Å². The van der Waals surface area contributed by atoms with Crippen molar-refractivity contribution in [2.45, 2.75) is 32.7 Å². The monoisotopic (exact) mass is 318 g/mol. The number of amides is 1. The number of hydrogen-bond acceptors (Lipinski definition) is 3. The molecule has 4 nitrogen and oxygen atoms in total. The molecular weight excluding hydrogens is 296 g/mol. The summed E-state index contributed by atoms with van der Waals surface area (Å²) in [7, 11) is 1.67. The Labute approximate surface area is 118 Å². The second-order valence-electron chi connectivity index (χ2n) is 4.72. The molecule has 0 aliphatic carbocycles. The van der Waals surface area contributed by atoms with Gasteiger partial charge in [0.05, 0.1) is 6.04 Å². The normalized spacial score (nSPS) is 18.9. The average Bonchev–Trinajstić information content (AvgIpc) is 2.37. The van der Waals surface area contributed by atoms with E-state index in [1.807, 2.05) is 6.92 Å². The summed E-state index contributed by atoms with van der Waals surface area (Å²) < 4.78 is 6.17. The Morgan fingerprint density at radius 3 is 2.94 bits per heavy atom. The van der Waals surface area contributed by atoms with Gasteiger partial charge in [0.25, 0.3) is 0 Å². The van der Waals surface area contributed by atoms with Gasteiger partial charge in [0.1, 0.15) is 0 Å². The van der Waals surface area contributed by atoms with Crippen LogP contribution in [0.25, 0.3) is 0 Å². The van der Waals surface area contributed by atoms with Gasteiger partial charge < -0.3 is 10.1 Å². The first kappa shape index (κ1) is 15.7. The van der Waals surface area contributed by atoms with Crippen LogP contribution in [0.3, 0.4) is 0 Å². The zero-order chi connectivity index (χ0) is 13.5. The number of carbonyl (C=O) groups is 1. The van der Waals surface area contributed by atoms with Crippen molar-refractivity contribution in [3.05, 3.63) is 10.1 Å². The summed E-state index contributed by atoms with van der Waals surface area (Å²) in [5.41, 5.74) is 1.39. The van der Waals surface area contributed by atoms with Crippen LogP contribution in [0.15, 0.2) is 10.1 Å². The smallest absolute Gasteiger partial charge is 0.237 e. The lowest BCUT2D eigenvalue weighted by Gasteiger charge is -2.32. The summed E-state index contributed by atoms with van der Waals surface area (Å²) >= 11 is 3.57. The van der Waals surface area contributed by atoms with E-state index in [0.29, 0.717) is 13.2 Å². The van der Waals surface area contributed by atoms with Crippen LogP contribution in [-0.2, 0) is 9.53 Å². The number of ether oxygens (including phenoxy) is 1. The van der Waals surface area contributed by atoms with Crippen LogP contribution in [0, 0.1) is 0 Å². The molecule has 0 saturated heterocycles. The van der Waals surface area contributed by atoms with E-state index in [-0.39, 0.29) is 11.9 Å². The molecule has 18 heavy (non-hydrogen) atoms. The molecule has 1 N–H and O–H groups in total. The van der Waals surface area contributed by atoms with Crippen molar-refractivity contribution in [3.8, 4) is 0 Å². The summed E-state index contributed by atoms with van der Waals surface area (Å²) in [6.07, 6.45) is 1.89. The molecule has 1 rings (SSSR count). The third-order valence-corrected chi connectivity index (χ3v) is 4.26. The highest BCUT2D eigenvalue weighted by Gasteiger charge is 2.24. The maximum atomic E-state index is 12.0. The molecule has 1 atom stereocenters. The molecule has 0 aromatic rings. The van der Waals surface area contributed by atoms with Gasteiger partial charge in [-0.1, -0.05) is 21.5 Å². The van der Waals surface area contributed by atoms with Crippen molar-refractivity contribution >= 4 is 21.8 Å². The molecule has 1 amide bonds. The standard InChI is InChI=1S/C13H23BrN2O2/c1-10-5-7-16(9-12(10)14)11(2)13(17)15-6-4-8-18-3/h11H,4-9H2,1-3H3,(H,15,17). The number of carbonyl (C=O) groups excluding carboxylic acids is 1. The van der Waals surface area contributed by atoms with Crippen LogP contribution >= 0.6 is 15.9 Å². The lowest BCUT2D eigenvalue weighted by Crippen LogP contribution is -2.47. The molecule has 0 bridgehead atoms. The number of hydrogen-bond donors (Lipinski definition) is 1. The zero-order valence-electron chi connectivity index (χ0n) is 11.5. The van der Waals surface area contributed by atoms with Crippen LogP contribution in [0.4, 0.5) is 0 Å². The molecular formula is C13H23BrN2O2. The summed E-state index contributed by atoms with van der Waals surface area (Å²) in [6.45, 7) is 7.25. The number of rotatable bonds is 6. The summed E-state index contributed by atoms with van der Waals surface area (Å²) in [6, 6.07) is -0.0757. The van der Waals surface area contributed by atoms with Crippen molar-refractivity contribution in [1.82, 2.24) is 10.2 Å². The molecule has 1 aliphatic rings. The molecule has 104 valence electrons. The van der Waals surface area contributed by atoms with Crippen molar-refractivity contribution in [2.24, 2.45) is 0 Å². The van der Waals surface area contributed by atoms with E-state index in [2.05, 4.69) is 33.1 Å². The second-order valence-corrected chi connectivity index (χ2v) is 5.68. The average molecular weight is 319 g/mol. The molecule has 0 aromatic carbocycles. The second kappa shape index (κ2) is 7.92. The van der Waals surface area contributed by atoms with E-state index in [9.17, 15) is 4.79 Å². The Morgan fingerprint density at radius 1 is 1.61 bits per heavy atom. The fourth-order valence-corrected chi connectivity index (χ4v) is 2.43. The first-order valence-electron chi connectivity index (χ1n) is 6.41. The van der Waals surface area contributed by atoms with Crippen LogP contribution in [0.1, 0.15) is 26.7 Å². The SMILES string of the molecule is COCCCNC(=O)C(C)N1CCC(C)=C(Br)C1. The molecule has 1 unspecified atom stereocenters. The van der Waals surface area contributed by atoms with Crippen molar-refractivity contribution in [3.63, 3.8) is 0 Å². The van der Waals surface area contributed by atoms with Gasteiger partial charge in [-0.15, -0.1) is 0 Å². The van der Waals surface area contributed by atoms with Gasteiger partial charge in [-0.3, -0.25) is 9.69 Å². The minimum Gasteiger partial charge on any atom is -0.385 e. The van der Waals surface area contributed by atoms with Gasteiger partial charge in [0.15, 0.2) is 0 Å². The number of halogens is 1. The summed E-state index contributed by atoms with van der Waals surface area (Å²) in [5, 5.41) is 2.95. The fraction of sp³-hybridized carbons (Fsp3) is 0.769. The van der Waals surface area contributed by atoms with Crippen LogP contribution < -0.4 is 5.32 Å². The van der Waals surface area contributed by atoms with Crippen molar-refractivity contribution in [2.75, 3.05) is 33.4 Å². The molecule has 1 heterocycles. The molecule has 1 aliphatic heterocycles. The maximum absolute atomic E-state index is 12.0. The van der Waals surface area contributed by atoms with E-state index < -0.39 is 0 Å². The molecule has 0 saturated carbocycles. The van der Waals surface area contributed by atoms with Gasteiger partial charge in [-0.25, -0.2) is 0 Å². The van der Waals surface area contributed by atoms with Crippen LogP contribution in [0.5, 0.6) is 0 Å². The topological polar surface area (TPSA) is 41.6 Å². The highest BCUT2D eigenvalue weighted by atomic mass is 79.9. The first-order chi connectivity index (χ1) is 8.56. The Kier molecular flexibility index (Phi) is 6.89. The lowest BCUT2D eigenvalue weighted by molar-refractivity contribution is -0.125. The van der Waals surface area contributed by atoms with Crippen molar-refractivity contribution in [1.29, 1.82) is 0 Å². The Bertz CT molecular complexity index is 318. The van der Waals surface area contributed by atoms with Crippen molar-refractivity contribution < 1.29 is 9.53 Å². The van der Waals surface area contributed by atoms with Gasteiger partial charge in [-0.05, 0) is 26.7 Å². The Hall–Kier alpha value is -0.390. The molecule has 0 spiro atoms. The quantitative estimate of drug-likeness (QED) is 0.761. The van der Waals surface area contributed by atoms with Gasteiger partial charge >= 0.3 is 0 Å². The molecule has 5 heteroatoms. The highest BCUT2D eigenvalue weighted by Crippen LogP contribution is 2.23. The number of methoxy groups -OCH3 is 1. The third kappa shape index (κ3) is 4.71. The Morgan fingerprint density at radius 2 is 2.33 bits per heavy atom. The largest absolute Gasteiger partial charge is 0.385 e.